The van der Waals surface area contributed by atoms with Gasteiger partial charge in [-0.2, -0.15) is 0 Å². The molecule has 130 valence electrons. The number of rotatable bonds is 6. The predicted octanol–water partition coefficient (Wildman–Crippen LogP) is 1.88. The zero-order valence-electron chi connectivity index (χ0n) is 13.8. The molecule has 1 atom stereocenters. The molecule has 23 heavy (non-hydrogen) atoms. The van der Waals surface area contributed by atoms with Crippen molar-refractivity contribution in [2.75, 3.05) is 33.4 Å². The van der Waals surface area contributed by atoms with Crippen LogP contribution in [0, 0.1) is 5.92 Å². The van der Waals surface area contributed by atoms with Crippen molar-refractivity contribution in [1.82, 2.24) is 5.32 Å². The lowest BCUT2D eigenvalue weighted by atomic mass is 9.74. The van der Waals surface area contributed by atoms with Gasteiger partial charge in [-0.1, -0.05) is 19.1 Å². The van der Waals surface area contributed by atoms with Gasteiger partial charge in [0.15, 0.2) is 0 Å². The zero-order valence-corrected chi connectivity index (χ0v) is 14.7. The first kappa shape index (κ1) is 19.7. The van der Waals surface area contributed by atoms with Crippen LogP contribution in [0.25, 0.3) is 0 Å². The fourth-order valence-corrected chi connectivity index (χ4v) is 2.81. The number of benzene rings is 1. The van der Waals surface area contributed by atoms with Crippen molar-refractivity contribution in [3.05, 3.63) is 29.8 Å². The van der Waals surface area contributed by atoms with Crippen LogP contribution in [-0.4, -0.2) is 39.3 Å². The molecule has 1 amide bonds. The van der Waals surface area contributed by atoms with E-state index in [1.807, 2.05) is 19.1 Å². The van der Waals surface area contributed by atoms with Gasteiger partial charge in [0.25, 0.3) is 0 Å². The molecule has 1 saturated heterocycles. The van der Waals surface area contributed by atoms with E-state index in [9.17, 15) is 4.79 Å². The smallest absolute Gasteiger partial charge is 0.224 e. The highest BCUT2D eigenvalue weighted by Gasteiger charge is 2.35. The molecule has 0 spiro atoms. The molecule has 0 aromatic heterocycles. The molecule has 6 heteroatoms. The minimum absolute atomic E-state index is 0. The Bertz CT molecular complexity index is 487. The first-order chi connectivity index (χ1) is 10.6. The number of hydrogen-bond acceptors (Lipinski definition) is 4. The number of carbonyl (C=O) groups excluding carboxylic acids is 1. The number of nitrogens with one attached hydrogen (secondary N) is 1. The van der Waals surface area contributed by atoms with Gasteiger partial charge in [-0.15, -0.1) is 12.4 Å². The van der Waals surface area contributed by atoms with Crippen LogP contribution >= 0.6 is 12.4 Å². The second kappa shape index (κ2) is 9.11. The average molecular weight is 343 g/mol. The summed E-state index contributed by atoms with van der Waals surface area (Å²) in [6, 6.07) is 8.11. The van der Waals surface area contributed by atoms with Crippen molar-refractivity contribution >= 4 is 18.3 Å². The molecule has 1 aromatic rings. The van der Waals surface area contributed by atoms with Crippen LogP contribution < -0.4 is 15.8 Å². The summed E-state index contributed by atoms with van der Waals surface area (Å²) in [5.74, 6) is 0.696. The van der Waals surface area contributed by atoms with E-state index in [1.54, 1.807) is 7.11 Å². The predicted molar refractivity (Wildman–Crippen MR) is 93.2 cm³/mol. The van der Waals surface area contributed by atoms with E-state index < -0.39 is 0 Å². The van der Waals surface area contributed by atoms with Gasteiger partial charge in [0.2, 0.25) is 5.91 Å². The fraction of sp³-hybridized carbons (Fsp3) is 0.588. The Balaban J connectivity index is 0.00000264. The number of ether oxygens (including phenoxy) is 2. The van der Waals surface area contributed by atoms with Crippen LogP contribution in [0.15, 0.2) is 24.3 Å². The maximum absolute atomic E-state index is 12.0. The monoisotopic (exact) mass is 342 g/mol. The summed E-state index contributed by atoms with van der Waals surface area (Å²) in [5.41, 5.74) is 6.71. The fourth-order valence-electron chi connectivity index (χ4n) is 2.81. The van der Waals surface area contributed by atoms with E-state index in [4.69, 9.17) is 15.2 Å². The largest absolute Gasteiger partial charge is 0.497 e. The number of methoxy groups -OCH3 is 1. The standard InChI is InChI=1S/C17H26N2O3.ClH/c1-13(11-18)16(20)19-12-17(7-9-22-10-8-17)14-3-5-15(21-2)6-4-14;/h3-6,13H,7-12,18H2,1-2H3,(H,19,20);1H. The van der Waals surface area contributed by atoms with Crippen molar-refractivity contribution in [2.24, 2.45) is 11.7 Å². The van der Waals surface area contributed by atoms with Crippen LogP contribution in [-0.2, 0) is 14.9 Å². The van der Waals surface area contributed by atoms with Crippen molar-refractivity contribution < 1.29 is 14.3 Å². The first-order valence-electron chi connectivity index (χ1n) is 7.81. The lowest BCUT2D eigenvalue weighted by Gasteiger charge is -2.38. The van der Waals surface area contributed by atoms with Gasteiger partial charge >= 0.3 is 0 Å². The summed E-state index contributed by atoms with van der Waals surface area (Å²) in [7, 11) is 1.66. The minimum Gasteiger partial charge on any atom is -0.497 e. The van der Waals surface area contributed by atoms with Gasteiger partial charge in [0.05, 0.1) is 7.11 Å². The Hall–Kier alpha value is -1.30. The molecule has 1 fully saturated rings. The summed E-state index contributed by atoms with van der Waals surface area (Å²) >= 11 is 0. The molecule has 0 radical (unpaired) electrons. The number of amides is 1. The molecule has 3 N–H and O–H groups in total. The average Bonchev–Trinajstić information content (AvgIpc) is 2.59. The highest BCUT2D eigenvalue weighted by atomic mass is 35.5. The Morgan fingerprint density at radius 1 is 1.35 bits per heavy atom. The van der Waals surface area contributed by atoms with E-state index in [1.165, 1.54) is 5.56 Å². The van der Waals surface area contributed by atoms with Gasteiger partial charge < -0.3 is 20.5 Å². The van der Waals surface area contributed by atoms with Crippen molar-refractivity contribution in [1.29, 1.82) is 0 Å². The molecular weight excluding hydrogens is 316 g/mol. The van der Waals surface area contributed by atoms with Crippen LogP contribution in [0.4, 0.5) is 0 Å². The third-order valence-corrected chi connectivity index (χ3v) is 4.55. The quantitative estimate of drug-likeness (QED) is 0.827. The molecule has 0 aliphatic carbocycles. The number of halogens is 1. The Morgan fingerprint density at radius 3 is 2.48 bits per heavy atom. The SMILES string of the molecule is COc1ccc(C2(CNC(=O)C(C)CN)CCOCC2)cc1.Cl. The van der Waals surface area contributed by atoms with E-state index in [2.05, 4.69) is 17.4 Å². The minimum atomic E-state index is -0.159. The zero-order chi connectivity index (χ0) is 16.0. The normalized spacial score (nSPS) is 17.7. The maximum atomic E-state index is 12.0. The van der Waals surface area contributed by atoms with Crippen molar-refractivity contribution in [3.8, 4) is 5.75 Å². The van der Waals surface area contributed by atoms with E-state index >= 15 is 0 Å². The van der Waals surface area contributed by atoms with Crippen molar-refractivity contribution in [2.45, 2.75) is 25.2 Å². The van der Waals surface area contributed by atoms with Gasteiger partial charge in [-0.3, -0.25) is 4.79 Å². The molecule has 1 aliphatic rings. The van der Waals surface area contributed by atoms with E-state index in [-0.39, 0.29) is 29.6 Å². The molecule has 5 nitrogen and oxygen atoms in total. The topological polar surface area (TPSA) is 73.6 Å². The van der Waals surface area contributed by atoms with Gasteiger partial charge in [0.1, 0.15) is 5.75 Å². The molecule has 1 aliphatic heterocycles. The van der Waals surface area contributed by atoms with Crippen LogP contribution in [0.3, 0.4) is 0 Å². The third kappa shape index (κ3) is 4.83. The van der Waals surface area contributed by atoms with Gasteiger partial charge in [-0.25, -0.2) is 0 Å². The number of hydrogen-bond donors (Lipinski definition) is 2. The second-order valence-corrected chi connectivity index (χ2v) is 5.98. The highest BCUT2D eigenvalue weighted by molar-refractivity contribution is 5.85. The summed E-state index contributed by atoms with van der Waals surface area (Å²) in [4.78, 5) is 12.0. The summed E-state index contributed by atoms with van der Waals surface area (Å²) in [6.45, 7) is 4.26. The number of carbonyl (C=O) groups is 1. The summed E-state index contributed by atoms with van der Waals surface area (Å²) < 4.78 is 10.7. The van der Waals surface area contributed by atoms with Crippen LogP contribution in [0.1, 0.15) is 25.3 Å². The Morgan fingerprint density at radius 2 is 1.96 bits per heavy atom. The maximum Gasteiger partial charge on any atom is 0.224 e. The summed E-state index contributed by atoms with van der Waals surface area (Å²) in [5, 5.41) is 3.07. The van der Waals surface area contributed by atoms with Gasteiger partial charge in [-0.05, 0) is 30.5 Å². The molecular formula is C17H27ClN2O3. The van der Waals surface area contributed by atoms with Crippen LogP contribution in [0.2, 0.25) is 0 Å². The highest BCUT2D eigenvalue weighted by Crippen LogP contribution is 2.35. The molecule has 0 bridgehead atoms. The lowest BCUT2D eigenvalue weighted by molar-refractivity contribution is -0.124. The first-order valence-corrected chi connectivity index (χ1v) is 7.81. The second-order valence-electron chi connectivity index (χ2n) is 5.98. The molecule has 1 aromatic carbocycles. The molecule has 1 unspecified atom stereocenters. The van der Waals surface area contributed by atoms with Crippen LogP contribution in [0.5, 0.6) is 5.75 Å². The Labute approximate surface area is 144 Å². The molecule has 2 rings (SSSR count). The molecule has 1 heterocycles. The number of nitrogens with two attached hydrogens (primary N) is 1. The van der Waals surface area contributed by atoms with Gasteiger partial charge in [0, 0.05) is 37.6 Å². The third-order valence-electron chi connectivity index (χ3n) is 4.55. The lowest BCUT2D eigenvalue weighted by Crippen LogP contribution is -2.46. The van der Waals surface area contributed by atoms with E-state index in [0.717, 1.165) is 18.6 Å². The van der Waals surface area contributed by atoms with Crippen molar-refractivity contribution in [3.63, 3.8) is 0 Å². The summed E-state index contributed by atoms with van der Waals surface area (Å²) in [6.07, 6.45) is 1.80. The van der Waals surface area contributed by atoms with E-state index in [0.29, 0.717) is 26.3 Å². The Kier molecular flexibility index (Phi) is 7.82. The molecule has 0 saturated carbocycles.